The van der Waals surface area contributed by atoms with Crippen molar-refractivity contribution in [3.63, 3.8) is 0 Å². The Morgan fingerprint density at radius 3 is 2.29 bits per heavy atom. The quantitative estimate of drug-likeness (QED) is 0.552. The van der Waals surface area contributed by atoms with Gasteiger partial charge in [-0.05, 0) is 48.6 Å². The number of carbonyl (C=O) groups is 2. The van der Waals surface area contributed by atoms with Gasteiger partial charge >= 0.3 is 5.97 Å². The molecule has 0 atom stereocenters. The molecule has 13 heteroatoms. The normalized spacial score (nSPS) is 16.0. The standard InChI is InChI=1S/C18H21N3O7S3/c19-30(24,25)15-5-3-14(4-6-15)20-16(22)12-28-18(23)13-7-9-21(10-8-13)31(26,27)17-2-1-11-29-17/h1-6,11,13H,7-10,12H2,(H,20,22)(H2,19,24,25). The summed E-state index contributed by atoms with van der Waals surface area (Å²) >= 11 is 1.14. The lowest BCUT2D eigenvalue weighted by Crippen LogP contribution is -2.40. The van der Waals surface area contributed by atoms with E-state index < -0.39 is 44.4 Å². The summed E-state index contributed by atoms with van der Waals surface area (Å²) in [5.41, 5.74) is 0.320. The number of benzene rings is 1. The van der Waals surface area contributed by atoms with Crippen molar-refractivity contribution in [1.29, 1.82) is 0 Å². The third kappa shape index (κ3) is 5.89. The van der Waals surface area contributed by atoms with Crippen molar-refractivity contribution in [1.82, 2.24) is 4.31 Å². The molecule has 1 aromatic carbocycles. The van der Waals surface area contributed by atoms with Crippen molar-refractivity contribution in [2.24, 2.45) is 11.1 Å². The lowest BCUT2D eigenvalue weighted by Gasteiger charge is -2.29. The fraction of sp³-hybridized carbons (Fsp3) is 0.333. The number of rotatable bonds is 7. The molecule has 0 bridgehead atoms. The number of carbonyl (C=O) groups excluding carboxylic acids is 2. The largest absolute Gasteiger partial charge is 0.455 e. The first-order valence-corrected chi connectivity index (χ1v) is 13.1. The average molecular weight is 488 g/mol. The highest BCUT2D eigenvalue weighted by Gasteiger charge is 2.33. The van der Waals surface area contributed by atoms with Crippen LogP contribution in [0.2, 0.25) is 0 Å². The van der Waals surface area contributed by atoms with Crippen molar-refractivity contribution in [2.75, 3.05) is 25.0 Å². The first kappa shape index (κ1) is 23.3. The van der Waals surface area contributed by atoms with Crippen LogP contribution in [0.1, 0.15) is 12.8 Å². The highest BCUT2D eigenvalue weighted by Crippen LogP contribution is 2.26. The molecule has 31 heavy (non-hydrogen) atoms. The Bertz CT molecular complexity index is 1140. The molecular weight excluding hydrogens is 466 g/mol. The molecule has 3 N–H and O–H groups in total. The third-order valence-electron chi connectivity index (χ3n) is 4.69. The van der Waals surface area contributed by atoms with Crippen LogP contribution in [0.4, 0.5) is 5.69 Å². The van der Waals surface area contributed by atoms with Gasteiger partial charge in [0.05, 0.1) is 10.8 Å². The van der Waals surface area contributed by atoms with Gasteiger partial charge in [-0.15, -0.1) is 11.3 Å². The Morgan fingerprint density at radius 1 is 1.10 bits per heavy atom. The van der Waals surface area contributed by atoms with E-state index in [1.165, 1.54) is 28.6 Å². The summed E-state index contributed by atoms with van der Waals surface area (Å²) in [5, 5.41) is 9.18. The predicted octanol–water partition coefficient (Wildman–Crippen LogP) is 0.978. The highest BCUT2D eigenvalue weighted by molar-refractivity contribution is 7.91. The Kier molecular flexibility index (Phi) is 7.11. The molecule has 3 rings (SSSR count). The average Bonchev–Trinajstić information content (AvgIpc) is 3.28. The van der Waals surface area contributed by atoms with Gasteiger partial charge in [-0.2, -0.15) is 4.31 Å². The van der Waals surface area contributed by atoms with Crippen LogP contribution < -0.4 is 10.5 Å². The SMILES string of the molecule is NS(=O)(=O)c1ccc(NC(=O)COC(=O)C2CCN(S(=O)(=O)c3cccs3)CC2)cc1. The number of amides is 1. The van der Waals surface area contributed by atoms with Gasteiger partial charge < -0.3 is 10.1 Å². The van der Waals surface area contributed by atoms with Crippen LogP contribution in [0.15, 0.2) is 50.9 Å². The Balaban J connectivity index is 1.45. The Morgan fingerprint density at radius 2 is 1.74 bits per heavy atom. The lowest BCUT2D eigenvalue weighted by molar-refractivity contribution is -0.152. The lowest BCUT2D eigenvalue weighted by atomic mass is 9.98. The first-order chi connectivity index (χ1) is 14.6. The van der Waals surface area contributed by atoms with Crippen molar-refractivity contribution in [3.05, 3.63) is 41.8 Å². The second-order valence-corrected chi connectivity index (χ2v) is 11.5. The molecular formula is C18H21N3O7S3. The number of anilines is 1. The van der Waals surface area contributed by atoms with E-state index in [0.29, 0.717) is 18.5 Å². The fourth-order valence-electron chi connectivity index (χ4n) is 3.05. The maximum absolute atomic E-state index is 12.5. The minimum absolute atomic E-state index is 0.0932. The maximum atomic E-state index is 12.5. The minimum Gasteiger partial charge on any atom is -0.455 e. The van der Waals surface area contributed by atoms with Crippen LogP contribution in [-0.2, 0) is 34.4 Å². The summed E-state index contributed by atoms with van der Waals surface area (Å²) in [7, 11) is -7.38. The van der Waals surface area contributed by atoms with Crippen LogP contribution in [0.25, 0.3) is 0 Å². The van der Waals surface area contributed by atoms with Gasteiger partial charge in [0.2, 0.25) is 10.0 Å². The number of nitrogens with one attached hydrogen (secondary N) is 1. The van der Waals surface area contributed by atoms with Gasteiger partial charge in [0, 0.05) is 18.8 Å². The van der Waals surface area contributed by atoms with E-state index in [1.807, 2.05) is 0 Å². The number of esters is 1. The predicted molar refractivity (Wildman–Crippen MR) is 113 cm³/mol. The van der Waals surface area contributed by atoms with E-state index in [9.17, 15) is 26.4 Å². The molecule has 1 amide bonds. The molecule has 1 aromatic heterocycles. The monoisotopic (exact) mass is 487 g/mol. The van der Waals surface area contributed by atoms with Crippen molar-refractivity contribution in [2.45, 2.75) is 21.9 Å². The van der Waals surface area contributed by atoms with Crippen molar-refractivity contribution >= 4 is 48.9 Å². The van der Waals surface area contributed by atoms with Gasteiger partial charge in [0.1, 0.15) is 4.21 Å². The number of piperidine rings is 1. The Labute approximate surface area is 184 Å². The number of primary sulfonamides is 1. The molecule has 0 unspecified atom stereocenters. The van der Waals surface area contributed by atoms with E-state index in [0.717, 1.165) is 11.3 Å². The van der Waals surface area contributed by atoms with Crippen LogP contribution in [0, 0.1) is 5.92 Å². The van der Waals surface area contributed by atoms with Crippen LogP contribution in [-0.4, -0.2) is 52.7 Å². The van der Waals surface area contributed by atoms with Gasteiger partial charge in [0.15, 0.2) is 6.61 Å². The second-order valence-electron chi connectivity index (χ2n) is 6.84. The smallest absolute Gasteiger partial charge is 0.309 e. The minimum atomic E-state index is -3.83. The molecule has 0 spiro atoms. The van der Waals surface area contributed by atoms with E-state index >= 15 is 0 Å². The molecule has 1 fully saturated rings. The zero-order chi connectivity index (χ0) is 22.6. The van der Waals surface area contributed by atoms with E-state index in [-0.39, 0.29) is 22.2 Å². The number of nitrogens with two attached hydrogens (primary N) is 1. The van der Waals surface area contributed by atoms with Gasteiger partial charge in [-0.25, -0.2) is 22.0 Å². The third-order valence-corrected chi connectivity index (χ3v) is 8.89. The molecule has 1 saturated heterocycles. The van der Waals surface area contributed by atoms with Crippen LogP contribution >= 0.6 is 11.3 Å². The van der Waals surface area contributed by atoms with Crippen LogP contribution in [0.3, 0.4) is 0 Å². The first-order valence-electron chi connectivity index (χ1n) is 9.20. The van der Waals surface area contributed by atoms with E-state index in [4.69, 9.17) is 9.88 Å². The van der Waals surface area contributed by atoms with E-state index in [2.05, 4.69) is 5.32 Å². The number of hydrogen-bond acceptors (Lipinski definition) is 8. The summed E-state index contributed by atoms with van der Waals surface area (Å²) in [5.74, 6) is -1.64. The van der Waals surface area contributed by atoms with Crippen LogP contribution in [0.5, 0.6) is 0 Å². The number of ether oxygens (including phenoxy) is 1. The van der Waals surface area contributed by atoms with Gasteiger partial charge in [-0.1, -0.05) is 6.07 Å². The van der Waals surface area contributed by atoms with Gasteiger partial charge in [0.25, 0.3) is 15.9 Å². The summed E-state index contributed by atoms with van der Waals surface area (Å²) in [6, 6.07) is 8.43. The molecule has 0 saturated carbocycles. The molecule has 10 nitrogen and oxygen atoms in total. The fourth-order valence-corrected chi connectivity index (χ4v) is 6.18. The summed E-state index contributed by atoms with van der Waals surface area (Å²) in [6.45, 7) is -0.116. The Hall–Kier alpha value is -2.32. The number of sulfonamides is 2. The number of nitrogens with zero attached hydrogens (tertiary/aromatic N) is 1. The second kappa shape index (κ2) is 9.44. The maximum Gasteiger partial charge on any atom is 0.309 e. The van der Waals surface area contributed by atoms with Gasteiger partial charge in [-0.3, -0.25) is 9.59 Å². The molecule has 2 aromatic rings. The van der Waals surface area contributed by atoms with Crippen molar-refractivity contribution in [3.8, 4) is 0 Å². The topological polar surface area (TPSA) is 153 Å². The van der Waals surface area contributed by atoms with Crippen molar-refractivity contribution < 1.29 is 31.2 Å². The molecule has 0 radical (unpaired) electrons. The zero-order valence-corrected chi connectivity index (χ0v) is 18.7. The number of thiophene rings is 1. The molecule has 168 valence electrons. The summed E-state index contributed by atoms with van der Waals surface area (Å²) in [6.07, 6.45) is 0.611. The zero-order valence-electron chi connectivity index (χ0n) is 16.3. The molecule has 1 aliphatic heterocycles. The molecule has 0 aliphatic carbocycles. The highest BCUT2D eigenvalue weighted by atomic mass is 32.2. The van der Waals surface area contributed by atoms with E-state index in [1.54, 1.807) is 17.5 Å². The number of hydrogen-bond donors (Lipinski definition) is 2. The molecule has 1 aliphatic rings. The molecule has 2 heterocycles. The summed E-state index contributed by atoms with van der Waals surface area (Å²) < 4.78 is 54.2. The summed E-state index contributed by atoms with van der Waals surface area (Å²) in [4.78, 5) is 24.1.